The van der Waals surface area contributed by atoms with Crippen LogP contribution in [0.5, 0.6) is 0 Å². The van der Waals surface area contributed by atoms with E-state index in [1.54, 1.807) is 24.0 Å². The maximum atomic E-state index is 13.2. The van der Waals surface area contributed by atoms with Crippen LogP contribution in [0.25, 0.3) is 0 Å². The normalized spacial score (nSPS) is 23.6. The lowest BCUT2D eigenvalue weighted by Crippen LogP contribution is -2.52. The van der Waals surface area contributed by atoms with E-state index in [-0.39, 0.29) is 29.8 Å². The van der Waals surface area contributed by atoms with E-state index in [0.717, 1.165) is 12.0 Å². The van der Waals surface area contributed by atoms with Crippen LogP contribution < -0.4 is 5.32 Å². The Labute approximate surface area is 146 Å². The quantitative estimate of drug-likeness (QED) is 0.882. The highest BCUT2D eigenvalue weighted by Gasteiger charge is 2.35. The Morgan fingerprint density at radius 1 is 1.28 bits per heavy atom. The molecule has 2 heterocycles. The number of nitrogens with zero attached hydrogens (tertiary/aromatic N) is 2. The molecule has 25 heavy (non-hydrogen) atoms. The van der Waals surface area contributed by atoms with E-state index in [1.165, 1.54) is 12.1 Å². The van der Waals surface area contributed by atoms with Gasteiger partial charge in [0.05, 0.1) is 12.7 Å². The number of fused-ring (bicyclic) bond motifs is 1. The molecular weight excluding hydrogens is 325 g/mol. The number of carbonyl (C=O) groups excluding carboxylic acids is 2. The summed E-state index contributed by atoms with van der Waals surface area (Å²) in [6, 6.07) is 6.03. The van der Waals surface area contributed by atoms with Crippen LogP contribution in [-0.4, -0.2) is 60.6 Å². The summed E-state index contributed by atoms with van der Waals surface area (Å²) < 4.78 is 19.1. The van der Waals surface area contributed by atoms with Crippen molar-refractivity contribution in [3.05, 3.63) is 35.6 Å². The van der Waals surface area contributed by atoms with E-state index >= 15 is 0 Å². The Morgan fingerprint density at radius 3 is 2.88 bits per heavy atom. The molecule has 1 N–H and O–H groups in total. The number of piperidine rings is 1. The molecule has 3 amide bonds. The van der Waals surface area contributed by atoms with E-state index in [4.69, 9.17) is 4.74 Å². The van der Waals surface area contributed by atoms with Crippen molar-refractivity contribution in [2.75, 3.05) is 32.8 Å². The number of hydrogen-bond acceptors (Lipinski definition) is 3. The van der Waals surface area contributed by atoms with E-state index in [0.29, 0.717) is 39.3 Å². The Hall–Kier alpha value is -2.15. The van der Waals surface area contributed by atoms with Crippen LogP contribution in [0, 0.1) is 11.7 Å². The number of nitrogens with one attached hydrogen (secondary N) is 1. The van der Waals surface area contributed by atoms with Gasteiger partial charge in [0, 0.05) is 45.6 Å². The Morgan fingerprint density at radius 2 is 2.12 bits per heavy atom. The second kappa shape index (κ2) is 7.82. The first-order valence-electron chi connectivity index (χ1n) is 8.67. The van der Waals surface area contributed by atoms with Gasteiger partial charge in [-0.3, -0.25) is 4.79 Å². The van der Waals surface area contributed by atoms with Gasteiger partial charge in [-0.1, -0.05) is 12.1 Å². The predicted octanol–water partition coefficient (Wildman–Crippen LogP) is 1.60. The number of hydrogen-bond donors (Lipinski definition) is 1. The first-order chi connectivity index (χ1) is 12.0. The van der Waals surface area contributed by atoms with Crippen LogP contribution in [0.2, 0.25) is 0 Å². The lowest BCUT2D eigenvalue weighted by atomic mass is 9.93. The van der Waals surface area contributed by atoms with Crippen LogP contribution in [0.1, 0.15) is 18.9 Å². The summed E-state index contributed by atoms with van der Waals surface area (Å²) >= 11 is 0. The number of carbonyl (C=O) groups is 2. The zero-order chi connectivity index (χ0) is 17.8. The molecule has 7 heteroatoms. The average molecular weight is 349 g/mol. The van der Waals surface area contributed by atoms with Gasteiger partial charge in [0.1, 0.15) is 5.82 Å². The number of ether oxygens (including phenoxy) is 1. The van der Waals surface area contributed by atoms with Crippen LogP contribution >= 0.6 is 0 Å². The monoisotopic (exact) mass is 349 g/mol. The molecule has 2 aliphatic rings. The summed E-state index contributed by atoms with van der Waals surface area (Å²) in [7, 11) is 0. The molecule has 2 fully saturated rings. The number of amides is 3. The molecule has 0 bridgehead atoms. The standard InChI is InChI=1S/C18H24FN3O3/c1-13(23)21-7-8-25-17-12-22(6-5-15(17)11-21)18(24)20-10-14-3-2-4-16(19)9-14/h2-4,9,15,17H,5-8,10-12H2,1H3,(H,20,24)/t15-,17-/m0/s1. The van der Waals surface area contributed by atoms with Crippen LogP contribution in [-0.2, 0) is 16.1 Å². The SMILES string of the molecule is CC(=O)N1CCO[C@H]2CN(C(=O)NCc3cccc(F)c3)CC[C@H]2C1. The van der Waals surface area contributed by atoms with E-state index < -0.39 is 0 Å². The maximum absolute atomic E-state index is 13.2. The third-order valence-corrected chi connectivity index (χ3v) is 4.91. The third kappa shape index (κ3) is 4.48. The first kappa shape index (κ1) is 17.7. The highest BCUT2D eigenvalue weighted by molar-refractivity contribution is 5.74. The lowest BCUT2D eigenvalue weighted by molar-refractivity contribution is -0.129. The molecule has 6 nitrogen and oxygen atoms in total. The van der Waals surface area contributed by atoms with Crippen LogP contribution in [0.3, 0.4) is 0 Å². The highest BCUT2D eigenvalue weighted by atomic mass is 19.1. The number of urea groups is 1. The number of halogens is 1. The highest BCUT2D eigenvalue weighted by Crippen LogP contribution is 2.24. The molecule has 0 aliphatic carbocycles. The fourth-order valence-electron chi connectivity index (χ4n) is 3.46. The number of likely N-dealkylation sites (tertiary alicyclic amines) is 1. The molecule has 2 atom stereocenters. The summed E-state index contributed by atoms with van der Waals surface area (Å²) in [6.45, 7) is 4.82. The van der Waals surface area contributed by atoms with Gasteiger partial charge in [-0.25, -0.2) is 9.18 Å². The summed E-state index contributed by atoms with van der Waals surface area (Å²) in [5, 5.41) is 2.83. The van der Waals surface area contributed by atoms with Gasteiger partial charge >= 0.3 is 6.03 Å². The van der Waals surface area contributed by atoms with Crippen LogP contribution in [0.4, 0.5) is 9.18 Å². The molecule has 0 saturated carbocycles. The maximum Gasteiger partial charge on any atom is 0.317 e. The summed E-state index contributed by atoms with van der Waals surface area (Å²) in [6.07, 6.45) is 0.764. The smallest absolute Gasteiger partial charge is 0.317 e. The molecule has 136 valence electrons. The fourth-order valence-corrected chi connectivity index (χ4v) is 3.46. The zero-order valence-corrected chi connectivity index (χ0v) is 14.4. The first-order valence-corrected chi connectivity index (χ1v) is 8.67. The minimum absolute atomic E-state index is 0.0435. The van der Waals surface area contributed by atoms with Gasteiger partial charge < -0.3 is 19.9 Å². The van der Waals surface area contributed by atoms with Gasteiger partial charge in [-0.05, 0) is 24.1 Å². The van der Waals surface area contributed by atoms with Gasteiger partial charge in [0.15, 0.2) is 0 Å². The van der Waals surface area contributed by atoms with Crippen LogP contribution in [0.15, 0.2) is 24.3 Å². The largest absolute Gasteiger partial charge is 0.374 e. The average Bonchev–Trinajstić information content (AvgIpc) is 2.81. The molecular formula is C18H24FN3O3. The summed E-state index contributed by atoms with van der Waals surface area (Å²) in [5.41, 5.74) is 0.728. The van der Waals surface area contributed by atoms with Crippen molar-refractivity contribution in [3.8, 4) is 0 Å². The third-order valence-electron chi connectivity index (χ3n) is 4.91. The van der Waals surface area contributed by atoms with Gasteiger partial charge in [0.25, 0.3) is 0 Å². The van der Waals surface area contributed by atoms with Crippen molar-refractivity contribution in [3.63, 3.8) is 0 Å². The van der Waals surface area contributed by atoms with Crippen molar-refractivity contribution >= 4 is 11.9 Å². The molecule has 2 saturated heterocycles. The van der Waals surface area contributed by atoms with Gasteiger partial charge in [0.2, 0.25) is 5.91 Å². The second-order valence-corrected chi connectivity index (χ2v) is 6.66. The van der Waals surface area contributed by atoms with Crippen molar-refractivity contribution in [1.82, 2.24) is 15.1 Å². The van der Waals surface area contributed by atoms with E-state index in [1.807, 2.05) is 4.90 Å². The molecule has 1 aromatic carbocycles. The van der Waals surface area contributed by atoms with E-state index in [9.17, 15) is 14.0 Å². The fraction of sp³-hybridized carbons (Fsp3) is 0.556. The lowest BCUT2D eigenvalue weighted by Gasteiger charge is -2.37. The van der Waals surface area contributed by atoms with Crippen molar-refractivity contribution in [2.24, 2.45) is 5.92 Å². The van der Waals surface area contributed by atoms with Crippen molar-refractivity contribution in [1.29, 1.82) is 0 Å². The number of rotatable bonds is 2. The minimum Gasteiger partial charge on any atom is -0.374 e. The predicted molar refractivity (Wildman–Crippen MR) is 90.3 cm³/mol. The molecule has 0 spiro atoms. The van der Waals surface area contributed by atoms with Crippen molar-refractivity contribution < 1.29 is 18.7 Å². The summed E-state index contributed by atoms with van der Waals surface area (Å²) in [4.78, 5) is 27.6. The Balaban J connectivity index is 1.53. The molecule has 0 radical (unpaired) electrons. The molecule has 3 rings (SSSR count). The van der Waals surface area contributed by atoms with E-state index in [2.05, 4.69) is 5.32 Å². The summed E-state index contributed by atoms with van der Waals surface area (Å²) in [5.74, 6) is 0.0210. The number of benzene rings is 1. The second-order valence-electron chi connectivity index (χ2n) is 6.66. The zero-order valence-electron chi connectivity index (χ0n) is 14.4. The Bertz CT molecular complexity index is 640. The Kier molecular flexibility index (Phi) is 5.53. The molecule has 1 aromatic rings. The van der Waals surface area contributed by atoms with Gasteiger partial charge in [-0.15, -0.1) is 0 Å². The molecule has 2 aliphatic heterocycles. The topological polar surface area (TPSA) is 61.9 Å². The minimum atomic E-state index is -0.311. The molecule has 0 unspecified atom stereocenters. The van der Waals surface area contributed by atoms with Gasteiger partial charge in [-0.2, -0.15) is 0 Å². The van der Waals surface area contributed by atoms with Crippen molar-refractivity contribution in [2.45, 2.75) is 26.0 Å². The molecule has 0 aromatic heterocycles.